The second kappa shape index (κ2) is 7.99. The van der Waals surface area contributed by atoms with Gasteiger partial charge in [-0.15, -0.1) is 0 Å². The fraction of sp³-hybridized carbons (Fsp3) is 0.200. The van der Waals surface area contributed by atoms with Gasteiger partial charge in [0.15, 0.2) is 28.9 Å². The number of imidazole rings is 1. The van der Waals surface area contributed by atoms with Crippen molar-refractivity contribution in [1.29, 1.82) is 0 Å². The van der Waals surface area contributed by atoms with Gasteiger partial charge in [0.25, 0.3) is 0 Å². The third-order valence-corrected chi connectivity index (χ3v) is 4.08. The van der Waals surface area contributed by atoms with Crippen molar-refractivity contribution in [2.24, 2.45) is 0 Å². The van der Waals surface area contributed by atoms with E-state index in [1.54, 1.807) is 35.3 Å². The summed E-state index contributed by atoms with van der Waals surface area (Å²) < 4.78 is 38.4. The van der Waals surface area contributed by atoms with Crippen LogP contribution in [-0.4, -0.2) is 29.6 Å². The van der Waals surface area contributed by atoms with E-state index in [4.69, 9.17) is 9.47 Å². The molecule has 0 unspecified atom stereocenters. The van der Waals surface area contributed by atoms with Gasteiger partial charge >= 0.3 is 0 Å². The van der Waals surface area contributed by atoms with Crippen LogP contribution in [0.4, 0.5) is 8.78 Å². The first-order chi connectivity index (χ1) is 13.0. The average Bonchev–Trinajstić information content (AvgIpc) is 3.10. The Bertz CT molecular complexity index is 970. The van der Waals surface area contributed by atoms with Gasteiger partial charge in [-0.05, 0) is 35.9 Å². The molecule has 2 aromatic carbocycles. The Morgan fingerprint density at radius 1 is 1.04 bits per heavy atom. The van der Waals surface area contributed by atoms with E-state index in [0.29, 0.717) is 34.9 Å². The quantitative estimate of drug-likeness (QED) is 0.594. The highest BCUT2D eigenvalue weighted by Gasteiger charge is 2.13. The van der Waals surface area contributed by atoms with Crippen LogP contribution in [0, 0.1) is 11.6 Å². The van der Waals surface area contributed by atoms with Gasteiger partial charge < -0.3 is 14.0 Å². The number of ether oxygens (including phenoxy) is 2. The zero-order valence-electron chi connectivity index (χ0n) is 14.9. The molecule has 0 aliphatic carbocycles. The lowest BCUT2D eigenvalue weighted by Gasteiger charge is -2.08. The standard InChI is InChI=1S/C20H18F2N2O3/c1-26-19-6-4-14(8-20(19)27-2)18(25)9-15-11-24(12-23-15)10-13-3-5-16(21)17(22)7-13/h3-8,11-12H,9-10H2,1-2H3. The minimum atomic E-state index is -0.892. The minimum absolute atomic E-state index is 0.111. The zero-order valence-corrected chi connectivity index (χ0v) is 14.9. The number of nitrogens with zero attached hydrogens (tertiary/aromatic N) is 2. The van der Waals surface area contributed by atoms with E-state index in [0.717, 1.165) is 12.1 Å². The van der Waals surface area contributed by atoms with E-state index < -0.39 is 11.6 Å². The smallest absolute Gasteiger partial charge is 0.169 e. The Labute approximate surface area is 155 Å². The first-order valence-corrected chi connectivity index (χ1v) is 8.20. The van der Waals surface area contributed by atoms with E-state index >= 15 is 0 Å². The molecule has 0 amide bonds. The largest absolute Gasteiger partial charge is 0.493 e. The molecule has 0 saturated heterocycles. The number of hydrogen-bond donors (Lipinski definition) is 0. The summed E-state index contributed by atoms with van der Waals surface area (Å²) in [6.07, 6.45) is 3.37. The Morgan fingerprint density at radius 2 is 1.81 bits per heavy atom. The predicted molar refractivity (Wildman–Crippen MR) is 95.3 cm³/mol. The third-order valence-electron chi connectivity index (χ3n) is 4.08. The molecule has 3 aromatic rings. The number of hydrogen-bond acceptors (Lipinski definition) is 4. The predicted octanol–water partition coefficient (Wildman–Crippen LogP) is 3.65. The Hall–Kier alpha value is -3.22. The molecule has 0 radical (unpaired) electrons. The molecular weight excluding hydrogens is 354 g/mol. The number of ketones is 1. The highest BCUT2D eigenvalue weighted by molar-refractivity contribution is 5.97. The molecule has 0 saturated carbocycles. The van der Waals surface area contributed by atoms with Crippen LogP contribution in [0.3, 0.4) is 0 Å². The van der Waals surface area contributed by atoms with Crippen molar-refractivity contribution in [1.82, 2.24) is 9.55 Å². The van der Waals surface area contributed by atoms with E-state index in [2.05, 4.69) is 4.98 Å². The minimum Gasteiger partial charge on any atom is -0.493 e. The van der Waals surface area contributed by atoms with Crippen LogP contribution in [0.25, 0.3) is 0 Å². The lowest BCUT2D eigenvalue weighted by Crippen LogP contribution is -2.05. The fourth-order valence-electron chi connectivity index (χ4n) is 2.71. The average molecular weight is 372 g/mol. The van der Waals surface area contributed by atoms with Gasteiger partial charge in [-0.2, -0.15) is 0 Å². The highest BCUT2D eigenvalue weighted by Crippen LogP contribution is 2.28. The lowest BCUT2D eigenvalue weighted by atomic mass is 10.1. The Balaban J connectivity index is 1.70. The van der Waals surface area contributed by atoms with Gasteiger partial charge in [-0.1, -0.05) is 6.07 Å². The fourth-order valence-corrected chi connectivity index (χ4v) is 2.71. The number of halogens is 2. The normalized spacial score (nSPS) is 10.7. The third kappa shape index (κ3) is 4.31. The number of methoxy groups -OCH3 is 2. The summed E-state index contributed by atoms with van der Waals surface area (Å²) >= 11 is 0. The van der Waals surface area contributed by atoms with Gasteiger partial charge in [-0.3, -0.25) is 4.79 Å². The molecule has 5 nitrogen and oxygen atoms in total. The van der Waals surface area contributed by atoms with Crippen molar-refractivity contribution in [3.63, 3.8) is 0 Å². The van der Waals surface area contributed by atoms with E-state index in [1.165, 1.54) is 20.3 Å². The van der Waals surface area contributed by atoms with Crippen LogP contribution >= 0.6 is 0 Å². The molecule has 0 aliphatic heterocycles. The summed E-state index contributed by atoms with van der Waals surface area (Å²) in [5.41, 5.74) is 1.67. The van der Waals surface area contributed by atoms with Crippen LogP contribution in [0.1, 0.15) is 21.6 Å². The first kappa shape index (κ1) is 18.6. The van der Waals surface area contributed by atoms with Gasteiger partial charge in [0.2, 0.25) is 0 Å². The number of rotatable bonds is 7. The molecular formula is C20H18F2N2O3. The number of carbonyl (C=O) groups excluding carboxylic acids is 1. The number of aromatic nitrogens is 2. The van der Waals surface area contributed by atoms with Gasteiger partial charge in [-0.25, -0.2) is 13.8 Å². The molecule has 0 N–H and O–H groups in total. The number of carbonyl (C=O) groups is 1. The first-order valence-electron chi connectivity index (χ1n) is 8.20. The van der Waals surface area contributed by atoms with Crippen molar-refractivity contribution in [3.8, 4) is 11.5 Å². The highest BCUT2D eigenvalue weighted by atomic mass is 19.2. The maximum atomic E-state index is 13.3. The van der Waals surface area contributed by atoms with Crippen LogP contribution in [-0.2, 0) is 13.0 Å². The summed E-state index contributed by atoms with van der Waals surface area (Å²) in [7, 11) is 3.03. The topological polar surface area (TPSA) is 53.4 Å². The molecule has 0 spiro atoms. The monoisotopic (exact) mass is 372 g/mol. The van der Waals surface area contributed by atoms with Gasteiger partial charge in [0.1, 0.15) is 0 Å². The molecule has 0 fully saturated rings. The van der Waals surface area contributed by atoms with Crippen molar-refractivity contribution in [2.45, 2.75) is 13.0 Å². The molecule has 0 bridgehead atoms. The van der Waals surface area contributed by atoms with Crippen LogP contribution < -0.4 is 9.47 Å². The van der Waals surface area contributed by atoms with E-state index in [9.17, 15) is 13.6 Å². The summed E-state index contributed by atoms with van der Waals surface area (Å²) in [6.45, 7) is 0.328. The van der Waals surface area contributed by atoms with E-state index in [1.807, 2.05) is 0 Å². The van der Waals surface area contributed by atoms with Crippen molar-refractivity contribution < 1.29 is 23.0 Å². The van der Waals surface area contributed by atoms with Crippen LogP contribution in [0.2, 0.25) is 0 Å². The summed E-state index contributed by atoms with van der Waals surface area (Å²) in [4.78, 5) is 16.7. The molecule has 7 heteroatoms. The maximum Gasteiger partial charge on any atom is 0.169 e. The number of Topliss-reactive ketones (excluding diaryl/α,β-unsaturated/α-hetero) is 1. The molecule has 140 valence electrons. The molecule has 27 heavy (non-hydrogen) atoms. The van der Waals surface area contributed by atoms with Crippen molar-refractivity contribution in [3.05, 3.63) is 77.4 Å². The zero-order chi connectivity index (χ0) is 19.4. The second-order valence-electron chi connectivity index (χ2n) is 5.96. The lowest BCUT2D eigenvalue weighted by molar-refractivity contribution is 0.0991. The number of benzene rings is 2. The van der Waals surface area contributed by atoms with Gasteiger partial charge in [0.05, 0.1) is 32.7 Å². The van der Waals surface area contributed by atoms with Crippen LogP contribution in [0.5, 0.6) is 11.5 Å². The Morgan fingerprint density at radius 3 is 2.52 bits per heavy atom. The van der Waals surface area contributed by atoms with Gasteiger partial charge in [0, 0.05) is 18.3 Å². The molecule has 0 aliphatic rings. The molecule has 1 heterocycles. The Kier molecular flexibility index (Phi) is 5.49. The molecule has 1 aromatic heterocycles. The summed E-state index contributed by atoms with van der Waals surface area (Å²) in [5, 5.41) is 0. The summed E-state index contributed by atoms with van der Waals surface area (Å²) in [5.74, 6) is -0.867. The van der Waals surface area contributed by atoms with Crippen LogP contribution in [0.15, 0.2) is 48.9 Å². The van der Waals surface area contributed by atoms with Crippen molar-refractivity contribution in [2.75, 3.05) is 14.2 Å². The SMILES string of the molecule is COc1ccc(C(=O)Cc2cn(Cc3ccc(F)c(F)c3)cn2)cc1OC. The summed E-state index contributed by atoms with van der Waals surface area (Å²) in [6, 6.07) is 8.70. The second-order valence-corrected chi connectivity index (χ2v) is 5.96. The molecule has 0 atom stereocenters. The molecule has 3 rings (SSSR count). The van der Waals surface area contributed by atoms with Crippen molar-refractivity contribution >= 4 is 5.78 Å². The maximum absolute atomic E-state index is 13.3. The van der Waals surface area contributed by atoms with E-state index in [-0.39, 0.29) is 12.2 Å².